The van der Waals surface area contributed by atoms with Crippen LogP contribution in [-0.2, 0) is 0 Å². The summed E-state index contributed by atoms with van der Waals surface area (Å²) in [4.78, 5) is 6.69. The van der Waals surface area contributed by atoms with Crippen LogP contribution in [0.1, 0.15) is 50.2 Å². The van der Waals surface area contributed by atoms with Gasteiger partial charge in [-0.2, -0.15) is 13.2 Å². The summed E-state index contributed by atoms with van der Waals surface area (Å²) in [6.45, 7) is 8.14. The SMILES string of the molecule is CCCNC(C)c1sc(N(CCC)CC(F)(F)F)nc1C. The number of anilines is 1. The molecule has 1 atom stereocenters. The van der Waals surface area contributed by atoms with Crippen LogP contribution in [0.4, 0.5) is 18.3 Å². The molecule has 3 nitrogen and oxygen atoms in total. The van der Waals surface area contributed by atoms with E-state index >= 15 is 0 Å². The molecule has 1 aromatic rings. The molecule has 0 radical (unpaired) electrons. The van der Waals surface area contributed by atoms with Crippen molar-refractivity contribution in [2.24, 2.45) is 0 Å². The number of aromatic nitrogens is 1. The molecule has 0 amide bonds. The number of nitrogens with one attached hydrogen (secondary N) is 1. The number of thiazole rings is 1. The third-order valence-electron chi connectivity index (χ3n) is 3.05. The van der Waals surface area contributed by atoms with Crippen LogP contribution >= 0.6 is 11.3 Å². The highest BCUT2D eigenvalue weighted by Crippen LogP contribution is 2.32. The van der Waals surface area contributed by atoms with Gasteiger partial charge in [0.1, 0.15) is 6.54 Å². The van der Waals surface area contributed by atoms with E-state index in [1.165, 1.54) is 16.2 Å². The second kappa shape index (κ2) is 7.98. The number of rotatable bonds is 8. The van der Waals surface area contributed by atoms with Crippen molar-refractivity contribution in [3.8, 4) is 0 Å². The highest BCUT2D eigenvalue weighted by atomic mass is 32.1. The molecular formula is C14H24F3N3S. The highest BCUT2D eigenvalue weighted by molar-refractivity contribution is 7.15. The zero-order valence-electron chi connectivity index (χ0n) is 13.0. The van der Waals surface area contributed by atoms with Gasteiger partial charge in [-0.25, -0.2) is 4.98 Å². The van der Waals surface area contributed by atoms with Gasteiger partial charge in [0.2, 0.25) is 0 Å². The van der Waals surface area contributed by atoms with Crippen LogP contribution in [0.2, 0.25) is 0 Å². The number of hydrogen-bond donors (Lipinski definition) is 1. The van der Waals surface area contributed by atoms with Gasteiger partial charge >= 0.3 is 6.18 Å². The van der Waals surface area contributed by atoms with Crippen molar-refractivity contribution in [2.45, 2.75) is 52.8 Å². The maximum absolute atomic E-state index is 12.7. The van der Waals surface area contributed by atoms with E-state index in [9.17, 15) is 13.2 Å². The Kier molecular flexibility index (Phi) is 6.93. The van der Waals surface area contributed by atoms with Gasteiger partial charge in [0.15, 0.2) is 5.13 Å². The molecule has 1 N–H and O–H groups in total. The van der Waals surface area contributed by atoms with Crippen molar-refractivity contribution in [2.75, 3.05) is 24.5 Å². The summed E-state index contributed by atoms with van der Waals surface area (Å²) in [6.07, 6.45) is -2.53. The van der Waals surface area contributed by atoms with Crippen molar-refractivity contribution in [3.05, 3.63) is 10.6 Å². The summed E-state index contributed by atoms with van der Waals surface area (Å²) in [5, 5.41) is 3.82. The largest absolute Gasteiger partial charge is 0.406 e. The Morgan fingerprint density at radius 3 is 2.48 bits per heavy atom. The molecule has 7 heteroatoms. The van der Waals surface area contributed by atoms with Crippen LogP contribution in [0.25, 0.3) is 0 Å². The minimum atomic E-state index is -4.21. The van der Waals surface area contributed by atoms with E-state index < -0.39 is 12.7 Å². The van der Waals surface area contributed by atoms with E-state index in [0.717, 1.165) is 23.5 Å². The molecule has 21 heavy (non-hydrogen) atoms. The van der Waals surface area contributed by atoms with Gasteiger partial charge in [0.05, 0.1) is 5.69 Å². The van der Waals surface area contributed by atoms with Gasteiger partial charge in [0.25, 0.3) is 0 Å². The highest BCUT2D eigenvalue weighted by Gasteiger charge is 2.32. The lowest BCUT2D eigenvalue weighted by molar-refractivity contribution is -0.119. The van der Waals surface area contributed by atoms with E-state index in [4.69, 9.17) is 0 Å². The molecule has 1 aromatic heterocycles. The van der Waals surface area contributed by atoms with E-state index in [0.29, 0.717) is 18.1 Å². The van der Waals surface area contributed by atoms with Crippen LogP contribution in [0.5, 0.6) is 0 Å². The number of halogens is 3. The maximum Gasteiger partial charge on any atom is 0.406 e. The van der Waals surface area contributed by atoms with Crippen molar-refractivity contribution < 1.29 is 13.2 Å². The first-order valence-electron chi connectivity index (χ1n) is 7.30. The predicted octanol–water partition coefficient (Wildman–Crippen LogP) is 4.29. The van der Waals surface area contributed by atoms with Gasteiger partial charge < -0.3 is 10.2 Å². The maximum atomic E-state index is 12.7. The predicted molar refractivity (Wildman–Crippen MR) is 82.1 cm³/mol. The average molecular weight is 323 g/mol. The van der Waals surface area contributed by atoms with Crippen LogP contribution in [0, 0.1) is 6.92 Å². The lowest BCUT2D eigenvalue weighted by Crippen LogP contribution is -2.34. The third kappa shape index (κ3) is 5.82. The minimum absolute atomic E-state index is 0.116. The van der Waals surface area contributed by atoms with Crippen LogP contribution in [0.15, 0.2) is 0 Å². The molecule has 0 saturated heterocycles. The van der Waals surface area contributed by atoms with E-state index in [-0.39, 0.29) is 6.04 Å². The molecule has 0 fully saturated rings. The molecule has 0 aliphatic rings. The lowest BCUT2D eigenvalue weighted by atomic mass is 10.2. The molecule has 0 aliphatic heterocycles. The average Bonchev–Trinajstić information content (AvgIpc) is 2.76. The first-order chi connectivity index (χ1) is 9.78. The van der Waals surface area contributed by atoms with E-state index in [1.54, 1.807) is 0 Å². The van der Waals surface area contributed by atoms with Crippen molar-refractivity contribution in [1.29, 1.82) is 0 Å². The topological polar surface area (TPSA) is 28.2 Å². The zero-order chi connectivity index (χ0) is 16.0. The summed E-state index contributed by atoms with van der Waals surface area (Å²) < 4.78 is 38.0. The third-order valence-corrected chi connectivity index (χ3v) is 4.45. The Balaban J connectivity index is 2.90. The number of aryl methyl sites for hydroxylation is 1. The Morgan fingerprint density at radius 1 is 1.29 bits per heavy atom. The second-order valence-electron chi connectivity index (χ2n) is 5.16. The van der Waals surface area contributed by atoms with Crippen molar-refractivity contribution in [1.82, 2.24) is 10.3 Å². The summed E-state index contributed by atoms with van der Waals surface area (Å²) in [5.41, 5.74) is 0.814. The Morgan fingerprint density at radius 2 is 1.95 bits per heavy atom. The summed E-state index contributed by atoms with van der Waals surface area (Å²) in [7, 11) is 0. The molecule has 0 saturated carbocycles. The summed E-state index contributed by atoms with van der Waals surface area (Å²) >= 11 is 1.36. The van der Waals surface area contributed by atoms with Gasteiger partial charge in [-0.15, -0.1) is 11.3 Å². The monoisotopic (exact) mass is 323 g/mol. The van der Waals surface area contributed by atoms with Gasteiger partial charge in [-0.05, 0) is 33.2 Å². The van der Waals surface area contributed by atoms with Crippen molar-refractivity contribution in [3.63, 3.8) is 0 Å². The summed E-state index contributed by atoms with van der Waals surface area (Å²) in [5.74, 6) is 0. The van der Waals surface area contributed by atoms with Gasteiger partial charge in [0, 0.05) is 17.5 Å². The standard InChI is InChI=1S/C14H24F3N3S/c1-5-7-18-10(3)12-11(4)19-13(21-12)20(8-6-2)9-14(15,16)17/h10,18H,5-9H2,1-4H3. The molecule has 122 valence electrons. The lowest BCUT2D eigenvalue weighted by Gasteiger charge is -2.22. The van der Waals surface area contributed by atoms with Crippen LogP contribution < -0.4 is 10.2 Å². The number of hydrogen-bond acceptors (Lipinski definition) is 4. The smallest absolute Gasteiger partial charge is 0.339 e. The Labute approximate surface area is 128 Å². The van der Waals surface area contributed by atoms with Crippen molar-refractivity contribution >= 4 is 16.5 Å². The molecule has 1 unspecified atom stereocenters. The molecule has 0 aliphatic carbocycles. The summed E-state index contributed by atoms with van der Waals surface area (Å²) in [6, 6.07) is 0.116. The Hall–Kier alpha value is -0.820. The first kappa shape index (κ1) is 18.2. The van der Waals surface area contributed by atoms with Crippen LogP contribution in [-0.4, -0.2) is 30.8 Å². The van der Waals surface area contributed by atoms with E-state index in [2.05, 4.69) is 17.2 Å². The van der Waals surface area contributed by atoms with Gasteiger partial charge in [-0.3, -0.25) is 0 Å². The fourth-order valence-electron chi connectivity index (χ4n) is 2.11. The zero-order valence-corrected chi connectivity index (χ0v) is 13.9. The fourth-order valence-corrected chi connectivity index (χ4v) is 3.23. The normalized spacial score (nSPS) is 13.5. The molecule has 0 aromatic carbocycles. The minimum Gasteiger partial charge on any atom is -0.339 e. The molecular weight excluding hydrogens is 299 g/mol. The van der Waals surface area contributed by atoms with Crippen LogP contribution in [0.3, 0.4) is 0 Å². The first-order valence-corrected chi connectivity index (χ1v) is 8.12. The molecule has 1 rings (SSSR count). The fraction of sp³-hybridized carbons (Fsp3) is 0.786. The number of alkyl halides is 3. The van der Waals surface area contributed by atoms with Gasteiger partial charge in [-0.1, -0.05) is 13.8 Å². The quantitative estimate of drug-likeness (QED) is 0.773. The molecule has 1 heterocycles. The second-order valence-corrected chi connectivity index (χ2v) is 6.17. The van der Waals surface area contributed by atoms with E-state index in [1.807, 2.05) is 20.8 Å². The molecule has 0 bridgehead atoms. The Bertz CT molecular complexity index is 432. The molecule has 0 spiro atoms. The number of nitrogens with zero attached hydrogens (tertiary/aromatic N) is 2.